The molecule has 2 heterocycles. The molecule has 0 unspecified atom stereocenters. The summed E-state index contributed by atoms with van der Waals surface area (Å²) in [4.78, 5) is 24.9. The lowest BCUT2D eigenvalue weighted by molar-refractivity contribution is 0.0636. The number of carbonyl (C=O) groups excluding carboxylic acids is 1. The van der Waals surface area contributed by atoms with Crippen molar-refractivity contribution in [1.82, 2.24) is 9.47 Å². The lowest BCUT2D eigenvalue weighted by atomic mass is 10.2. The van der Waals surface area contributed by atoms with Crippen molar-refractivity contribution < 1.29 is 19.4 Å². The summed E-state index contributed by atoms with van der Waals surface area (Å²) < 4.78 is 8.11. The van der Waals surface area contributed by atoms with Gasteiger partial charge in [0.15, 0.2) is 0 Å². The van der Waals surface area contributed by atoms with Gasteiger partial charge in [0.05, 0.1) is 33.5 Å². The summed E-state index contributed by atoms with van der Waals surface area (Å²) in [6.45, 7) is 6.37. The molecular formula is C17H18Cl2IN3O4. The fourth-order valence-corrected chi connectivity index (χ4v) is 4.50. The molecule has 0 atom stereocenters. The summed E-state index contributed by atoms with van der Waals surface area (Å²) in [6, 6.07) is 1.58. The van der Waals surface area contributed by atoms with E-state index in [-0.39, 0.29) is 6.54 Å². The predicted octanol–water partition coefficient (Wildman–Crippen LogP) is 5.39. The molecule has 0 spiro atoms. The van der Waals surface area contributed by atoms with Crippen LogP contribution in [0, 0.1) is 3.57 Å². The first-order valence-corrected chi connectivity index (χ1v) is 9.99. The van der Waals surface area contributed by atoms with Crippen LogP contribution in [-0.4, -0.2) is 38.9 Å². The fraction of sp³-hybridized carbons (Fsp3) is 0.412. The minimum absolute atomic E-state index is 0.238. The van der Waals surface area contributed by atoms with Crippen molar-refractivity contribution in [1.29, 1.82) is 0 Å². The monoisotopic (exact) mass is 525 g/mol. The van der Waals surface area contributed by atoms with Crippen LogP contribution in [0.25, 0.3) is 10.9 Å². The second-order valence-corrected chi connectivity index (χ2v) is 9.05. The first-order valence-electron chi connectivity index (χ1n) is 8.16. The molecule has 0 radical (unpaired) electrons. The molecule has 0 fully saturated rings. The number of carbonyl (C=O) groups is 2. The number of nitrogens with one attached hydrogen (secondary N) is 1. The van der Waals surface area contributed by atoms with Crippen LogP contribution in [-0.2, 0) is 17.8 Å². The molecule has 1 aromatic heterocycles. The van der Waals surface area contributed by atoms with Gasteiger partial charge in [-0.2, -0.15) is 0 Å². The smallest absolute Gasteiger partial charge is 0.412 e. The number of benzene rings is 1. The maximum Gasteiger partial charge on any atom is 0.412 e. The third-order valence-electron chi connectivity index (χ3n) is 4.10. The number of aromatic nitrogens is 1. The Kier molecular flexibility index (Phi) is 5.44. The molecule has 0 aliphatic carbocycles. The van der Waals surface area contributed by atoms with Crippen molar-refractivity contribution in [3.63, 3.8) is 0 Å². The first-order chi connectivity index (χ1) is 12.5. The van der Waals surface area contributed by atoms with Crippen LogP contribution in [0.15, 0.2) is 6.07 Å². The van der Waals surface area contributed by atoms with E-state index in [0.717, 1.165) is 14.7 Å². The van der Waals surface area contributed by atoms with E-state index in [1.165, 1.54) is 4.90 Å². The maximum absolute atomic E-state index is 12.3. The number of amides is 2. The Balaban J connectivity index is 2.13. The Morgan fingerprint density at radius 3 is 2.56 bits per heavy atom. The quantitative estimate of drug-likeness (QED) is 0.489. The number of hydrogen-bond acceptors (Lipinski definition) is 3. The fourth-order valence-electron chi connectivity index (χ4n) is 3.04. The molecule has 146 valence electrons. The van der Waals surface area contributed by atoms with Gasteiger partial charge in [-0.3, -0.25) is 5.32 Å². The Morgan fingerprint density at radius 2 is 1.96 bits per heavy atom. The molecule has 1 aromatic carbocycles. The average molecular weight is 526 g/mol. The number of halogens is 3. The van der Waals surface area contributed by atoms with Crippen LogP contribution >= 0.6 is 45.8 Å². The summed E-state index contributed by atoms with van der Waals surface area (Å²) >= 11 is 14.9. The number of carboxylic acid groups (broad SMARTS) is 1. The van der Waals surface area contributed by atoms with Crippen LogP contribution in [0.1, 0.15) is 26.5 Å². The third-order valence-corrected chi connectivity index (χ3v) is 6.04. The lowest BCUT2D eigenvalue weighted by Gasteiger charge is -2.27. The number of anilines is 1. The standard InChI is InChI=1S/C17H18Cl2IN3O4/c1-17(2,3)27-15(24)21-9-6-8(18)12(19)14-11(9)13(20)10-7-22(16(25)26)4-5-23(10)14/h6H,4-5,7H2,1-3H3,(H,21,24)(H,25,26). The van der Waals surface area contributed by atoms with E-state index >= 15 is 0 Å². The lowest BCUT2D eigenvalue weighted by Crippen LogP contribution is -2.37. The van der Waals surface area contributed by atoms with Crippen molar-refractivity contribution in [3.8, 4) is 0 Å². The first kappa shape index (κ1) is 20.3. The van der Waals surface area contributed by atoms with E-state index in [1.54, 1.807) is 26.8 Å². The summed E-state index contributed by atoms with van der Waals surface area (Å²) in [6.07, 6.45) is -1.58. The molecule has 1 aliphatic rings. The van der Waals surface area contributed by atoms with Crippen molar-refractivity contribution >= 4 is 74.6 Å². The van der Waals surface area contributed by atoms with Gasteiger partial charge in [-0.1, -0.05) is 23.2 Å². The largest absolute Gasteiger partial charge is 0.465 e. The zero-order valence-electron chi connectivity index (χ0n) is 14.9. The zero-order valence-corrected chi connectivity index (χ0v) is 18.6. The number of nitrogens with zero attached hydrogens (tertiary/aromatic N) is 2. The molecule has 1 aliphatic heterocycles. The van der Waals surface area contributed by atoms with Crippen molar-refractivity contribution in [3.05, 3.63) is 25.4 Å². The van der Waals surface area contributed by atoms with E-state index < -0.39 is 17.8 Å². The van der Waals surface area contributed by atoms with Crippen molar-refractivity contribution in [2.24, 2.45) is 0 Å². The van der Waals surface area contributed by atoms with Gasteiger partial charge in [-0.25, -0.2) is 9.59 Å². The van der Waals surface area contributed by atoms with Crippen LogP contribution < -0.4 is 5.32 Å². The molecular weight excluding hydrogens is 508 g/mol. The molecule has 7 nitrogen and oxygen atoms in total. The van der Waals surface area contributed by atoms with Gasteiger partial charge in [-0.05, 0) is 49.4 Å². The Hall–Kier alpha value is -1.39. The maximum atomic E-state index is 12.3. The van der Waals surface area contributed by atoms with Crippen LogP contribution in [0.4, 0.5) is 15.3 Å². The molecule has 2 amide bonds. The summed E-state index contributed by atoms with van der Waals surface area (Å²) in [5.74, 6) is 0. The number of hydrogen-bond donors (Lipinski definition) is 2. The van der Waals surface area contributed by atoms with E-state index in [2.05, 4.69) is 27.9 Å². The summed E-state index contributed by atoms with van der Waals surface area (Å²) in [5, 5.41) is 13.4. The molecule has 2 aromatic rings. The summed E-state index contributed by atoms with van der Waals surface area (Å²) in [7, 11) is 0. The Morgan fingerprint density at radius 1 is 1.30 bits per heavy atom. The van der Waals surface area contributed by atoms with Crippen molar-refractivity contribution in [2.45, 2.75) is 39.5 Å². The van der Waals surface area contributed by atoms with E-state index in [1.807, 2.05) is 4.57 Å². The van der Waals surface area contributed by atoms with Gasteiger partial charge in [0.25, 0.3) is 0 Å². The van der Waals surface area contributed by atoms with Crippen LogP contribution in [0.2, 0.25) is 10.0 Å². The highest BCUT2D eigenvalue weighted by Gasteiger charge is 2.29. The van der Waals surface area contributed by atoms with Gasteiger partial charge < -0.3 is 19.3 Å². The molecule has 2 N–H and O–H groups in total. The molecule has 10 heteroatoms. The van der Waals surface area contributed by atoms with Crippen LogP contribution in [0.5, 0.6) is 0 Å². The average Bonchev–Trinajstić information content (AvgIpc) is 2.83. The van der Waals surface area contributed by atoms with Gasteiger partial charge in [0, 0.05) is 22.0 Å². The summed E-state index contributed by atoms with van der Waals surface area (Å²) in [5.41, 5.74) is 1.33. The van der Waals surface area contributed by atoms with E-state index in [4.69, 9.17) is 27.9 Å². The molecule has 0 saturated carbocycles. The van der Waals surface area contributed by atoms with Gasteiger partial charge in [0.2, 0.25) is 0 Å². The van der Waals surface area contributed by atoms with E-state index in [9.17, 15) is 14.7 Å². The SMILES string of the molecule is CC(C)(C)OC(=O)Nc1cc(Cl)c(Cl)c2c1c(I)c1n2CCN(C(=O)O)C1. The minimum Gasteiger partial charge on any atom is -0.465 e. The topological polar surface area (TPSA) is 83.8 Å². The molecule has 0 saturated heterocycles. The molecule has 0 bridgehead atoms. The predicted molar refractivity (Wildman–Crippen MR) is 113 cm³/mol. The highest BCUT2D eigenvalue weighted by atomic mass is 127. The molecule has 3 rings (SSSR count). The number of fused-ring (bicyclic) bond motifs is 3. The normalized spacial score (nSPS) is 14.2. The second-order valence-electron chi connectivity index (χ2n) is 7.19. The van der Waals surface area contributed by atoms with Gasteiger partial charge >= 0.3 is 12.2 Å². The third kappa shape index (κ3) is 3.93. The highest BCUT2D eigenvalue weighted by Crippen LogP contribution is 2.42. The van der Waals surface area contributed by atoms with Gasteiger partial charge in [0.1, 0.15) is 5.60 Å². The Labute approximate surface area is 179 Å². The van der Waals surface area contributed by atoms with Gasteiger partial charge in [-0.15, -0.1) is 0 Å². The second kappa shape index (κ2) is 7.21. The van der Waals surface area contributed by atoms with E-state index in [0.29, 0.717) is 34.3 Å². The highest BCUT2D eigenvalue weighted by molar-refractivity contribution is 14.1. The number of ether oxygens (including phenoxy) is 1. The zero-order chi connectivity index (χ0) is 20.1. The Bertz CT molecular complexity index is 952. The number of rotatable bonds is 1. The van der Waals surface area contributed by atoms with Crippen LogP contribution in [0.3, 0.4) is 0 Å². The van der Waals surface area contributed by atoms with Crippen molar-refractivity contribution in [2.75, 3.05) is 11.9 Å². The molecule has 27 heavy (non-hydrogen) atoms. The minimum atomic E-state index is -0.974.